The molecule has 0 rings (SSSR count). The van der Waals surface area contributed by atoms with E-state index in [4.69, 9.17) is 0 Å². The SMILES string of the molecule is CCCNCC(C)(CCCS(C)(=O)=O)C(C)C. The maximum atomic E-state index is 11.1. The van der Waals surface area contributed by atoms with Gasteiger partial charge in [-0.2, -0.15) is 0 Å². The van der Waals surface area contributed by atoms with Crippen molar-refractivity contribution in [3.8, 4) is 0 Å². The fourth-order valence-corrected chi connectivity index (χ4v) is 2.54. The predicted molar refractivity (Wildman–Crippen MR) is 75.1 cm³/mol. The maximum Gasteiger partial charge on any atom is 0.147 e. The van der Waals surface area contributed by atoms with Crippen molar-refractivity contribution >= 4 is 9.84 Å². The minimum atomic E-state index is -2.82. The monoisotopic (exact) mass is 263 g/mol. The second kappa shape index (κ2) is 7.37. The zero-order chi connectivity index (χ0) is 13.5. The summed E-state index contributed by atoms with van der Waals surface area (Å²) >= 11 is 0. The normalized spacial score (nSPS) is 16.1. The summed E-state index contributed by atoms with van der Waals surface area (Å²) in [4.78, 5) is 0. The molecule has 0 aromatic rings. The molecule has 0 aliphatic rings. The molecule has 3 nitrogen and oxygen atoms in total. The maximum absolute atomic E-state index is 11.1. The molecule has 0 aromatic heterocycles. The molecule has 0 heterocycles. The van der Waals surface area contributed by atoms with Gasteiger partial charge in [0.25, 0.3) is 0 Å². The first-order valence-corrected chi connectivity index (χ1v) is 8.66. The van der Waals surface area contributed by atoms with Gasteiger partial charge in [-0.1, -0.05) is 27.7 Å². The van der Waals surface area contributed by atoms with E-state index >= 15 is 0 Å². The van der Waals surface area contributed by atoms with E-state index < -0.39 is 9.84 Å². The average molecular weight is 263 g/mol. The second-order valence-electron chi connectivity index (χ2n) is 5.72. The van der Waals surface area contributed by atoms with Gasteiger partial charge < -0.3 is 5.32 Å². The van der Waals surface area contributed by atoms with E-state index in [1.54, 1.807) is 0 Å². The lowest BCUT2D eigenvalue weighted by molar-refractivity contribution is 0.190. The lowest BCUT2D eigenvalue weighted by atomic mass is 9.75. The van der Waals surface area contributed by atoms with Gasteiger partial charge in [-0.3, -0.25) is 0 Å². The molecule has 0 saturated heterocycles. The largest absolute Gasteiger partial charge is 0.316 e. The highest BCUT2D eigenvalue weighted by molar-refractivity contribution is 7.90. The van der Waals surface area contributed by atoms with Gasteiger partial charge in [-0.15, -0.1) is 0 Å². The first-order chi connectivity index (χ1) is 7.71. The van der Waals surface area contributed by atoms with Crippen molar-refractivity contribution < 1.29 is 8.42 Å². The van der Waals surface area contributed by atoms with E-state index in [0.29, 0.717) is 11.7 Å². The molecule has 104 valence electrons. The Labute approximate surface area is 107 Å². The Kier molecular flexibility index (Phi) is 7.33. The molecule has 17 heavy (non-hydrogen) atoms. The highest BCUT2D eigenvalue weighted by atomic mass is 32.2. The highest BCUT2D eigenvalue weighted by Gasteiger charge is 2.27. The van der Waals surface area contributed by atoms with E-state index in [-0.39, 0.29) is 5.41 Å². The Morgan fingerprint density at radius 1 is 1.29 bits per heavy atom. The van der Waals surface area contributed by atoms with Crippen LogP contribution in [0.2, 0.25) is 0 Å². The van der Waals surface area contributed by atoms with Crippen LogP contribution >= 0.6 is 0 Å². The standard InChI is InChI=1S/C13H29NO2S/c1-6-9-14-11-13(4,12(2)3)8-7-10-17(5,15)16/h12,14H,6-11H2,1-5H3. The molecular formula is C13H29NO2S. The summed E-state index contributed by atoms with van der Waals surface area (Å²) in [6.45, 7) is 10.9. The predicted octanol–water partition coefficient (Wildman–Crippen LogP) is 2.47. The molecule has 0 aromatic carbocycles. The van der Waals surface area contributed by atoms with Gasteiger partial charge in [0.1, 0.15) is 9.84 Å². The van der Waals surface area contributed by atoms with Crippen LogP contribution < -0.4 is 5.32 Å². The van der Waals surface area contributed by atoms with Crippen LogP contribution in [0.25, 0.3) is 0 Å². The molecule has 1 unspecified atom stereocenters. The van der Waals surface area contributed by atoms with Crippen molar-refractivity contribution in [3.63, 3.8) is 0 Å². The summed E-state index contributed by atoms with van der Waals surface area (Å²) < 4.78 is 22.3. The fourth-order valence-electron chi connectivity index (χ4n) is 1.87. The quantitative estimate of drug-likeness (QED) is 0.650. The zero-order valence-electron chi connectivity index (χ0n) is 12.0. The van der Waals surface area contributed by atoms with Crippen molar-refractivity contribution in [2.75, 3.05) is 25.1 Å². The number of sulfone groups is 1. The van der Waals surface area contributed by atoms with Crippen molar-refractivity contribution in [3.05, 3.63) is 0 Å². The van der Waals surface area contributed by atoms with Crippen LogP contribution in [0.3, 0.4) is 0 Å². The van der Waals surface area contributed by atoms with Gasteiger partial charge in [0.2, 0.25) is 0 Å². The first kappa shape index (κ1) is 16.9. The highest BCUT2D eigenvalue weighted by Crippen LogP contribution is 2.31. The van der Waals surface area contributed by atoms with Crippen LogP contribution in [-0.2, 0) is 9.84 Å². The van der Waals surface area contributed by atoms with Crippen LogP contribution in [0.1, 0.15) is 47.0 Å². The summed E-state index contributed by atoms with van der Waals surface area (Å²) in [6, 6.07) is 0. The molecule has 1 N–H and O–H groups in total. The second-order valence-corrected chi connectivity index (χ2v) is 7.98. The third kappa shape index (κ3) is 7.77. The Morgan fingerprint density at radius 3 is 2.29 bits per heavy atom. The Bertz CT molecular complexity index is 299. The van der Waals surface area contributed by atoms with E-state index in [1.165, 1.54) is 6.26 Å². The number of rotatable bonds is 9. The molecule has 0 saturated carbocycles. The van der Waals surface area contributed by atoms with E-state index in [9.17, 15) is 8.42 Å². The molecular weight excluding hydrogens is 234 g/mol. The summed E-state index contributed by atoms with van der Waals surface area (Å²) in [7, 11) is -2.82. The smallest absolute Gasteiger partial charge is 0.147 e. The van der Waals surface area contributed by atoms with Crippen LogP contribution in [0, 0.1) is 11.3 Å². The van der Waals surface area contributed by atoms with Gasteiger partial charge in [-0.25, -0.2) is 8.42 Å². The van der Waals surface area contributed by atoms with Crippen LogP contribution in [-0.4, -0.2) is 33.5 Å². The van der Waals surface area contributed by atoms with Crippen LogP contribution in [0.15, 0.2) is 0 Å². The average Bonchev–Trinajstić information content (AvgIpc) is 2.15. The fraction of sp³-hybridized carbons (Fsp3) is 1.00. The van der Waals surface area contributed by atoms with E-state index in [0.717, 1.165) is 32.4 Å². The Balaban J connectivity index is 4.21. The van der Waals surface area contributed by atoms with E-state index in [1.807, 2.05) is 0 Å². The molecule has 0 bridgehead atoms. The third-order valence-electron chi connectivity index (χ3n) is 3.61. The van der Waals surface area contributed by atoms with Gasteiger partial charge in [0, 0.05) is 18.6 Å². The van der Waals surface area contributed by atoms with Gasteiger partial charge in [0.05, 0.1) is 0 Å². The van der Waals surface area contributed by atoms with Gasteiger partial charge in [-0.05, 0) is 37.1 Å². The van der Waals surface area contributed by atoms with Crippen molar-refractivity contribution in [1.29, 1.82) is 0 Å². The summed E-state index contributed by atoms with van der Waals surface area (Å²) in [5.74, 6) is 0.870. The molecule has 0 aliphatic heterocycles. The zero-order valence-corrected chi connectivity index (χ0v) is 12.9. The third-order valence-corrected chi connectivity index (χ3v) is 4.64. The first-order valence-electron chi connectivity index (χ1n) is 6.59. The number of hydrogen-bond acceptors (Lipinski definition) is 3. The van der Waals surface area contributed by atoms with Crippen molar-refractivity contribution in [2.24, 2.45) is 11.3 Å². The van der Waals surface area contributed by atoms with Gasteiger partial charge in [0.15, 0.2) is 0 Å². The number of nitrogens with one attached hydrogen (secondary N) is 1. The molecule has 0 fully saturated rings. The molecule has 0 radical (unpaired) electrons. The van der Waals surface area contributed by atoms with Crippen molar-refractivity contribution in [1.82, 2.24) is 5.32 Å². The lowest BCUT2D eigenvalue weighted by Gasteiger charge is -2.34. The lowest BCUT2D eigenvalue weighted by Crippen LogP contribution is -2.36. The Hall–Kier alpha value is -0.0900. The summed E-state index contributed by atoms with van der Waals surface area (Å²) in [6.07, 6.45) is 4.18. The summed E-state index contributed by atoms with van der Waals surface area (Å²) in [5.41, 5.74) is 0.194. The van der Waals surface area contributed by atoms with Crippen LogP contribution in [0.5, 0.6) is 0 Å². The number of hydrogen-bond donors (Lipinski definition) is 1. The molecule has 0 amide bonds. The Morgan fingerprint density at radius 2 is 1.88 bits per heavy atom. The minimum absolute atomic E-state index is 0.194. The van der Waals surface area contributed by atoms with Crippen molar-refractivity contribution in [2.45, 2.75) is 47.0 Å². The molecule has 0 spiro atoms. The molecule has 4 heteroatoms. The summed E-state index contributed by atoms with van der Waals surface area (Å²) in [5, 5.41) is 3.46. The van der Waals surface area contributed by atoms with E-state index in [2.05, 4.69) is 33.0 Å². The van der Waals surface area contributed by atoms with Crippen LogP contribution in [0.4, 0.5) is 0 Å². The minimum Gasteiger partial charge on any atom is -0.316 e. The van der Waals surface area contributed by atoms with Gasteiger partial charge >= 0.3 is 0 Å². The molecule has 0 aliphatic carbocycles. The topological polar surface area (TPSA) is 46.2 Å². The molecule has 1 atom stereocenters.